The quantitative estimate of drug-likeness (QED) is 0.425. The molecule has 0 heterocycles. The molecule has 0 bridgehead atoms. The summed E-state index contributed by atoms with van der Waals surface area (Å²) in [7, 11) is -2.41. The first-order valence-electron chi connectivity index (χ1n) is 10.9. The van der Waals surface area contributed by atoms with Crippen molar-refractivity contribution in [2.75, 3.05) is 18.0 Å². The van der Waals surface area contributed by atoms with Gasteiger partial charge in [-0.25, -0.2) is 8.42 Å². The Bertz CT molecular complexity index is 1240. The number of anilines is 1. The van der Waals surface area contributed by atoms with Gasteiger partial charge in [0.2, 0.25) is 5.91 Å². The lowest BCUT2D eigenvalue weighted by atomic mass is 10.0. The number of carbonyl (C=O) groups excluding carboxylic acids is 1. The van der Waals surface area contributed by atoms with E-state index in [1.807, 2.05) is 38.1 Å². The van der Waals surface area contributed by atoms with Gasteiger partial charge in [0.15, 0.2) is 0 Å². The summed E-state index contributed by atoms with van der Waals surface area (Å²) in [6.07, 6.45) is 0.642. The summed E-state index contributed by atoms with van der Waals surface area (Å²) in [5.41, 5.74) is 2.90. The van der Waals surface area contributed by atoms with E-state index in [9.17, 15) is 13.2 Å². The third-order valence-corrected chi connectivity index (χ3v) is 7.59. The molecule has 0 saturated heterocycles. The maximum Gasteiger partial charge on any atom is 0.264 e. The molecule has 3 aromatic rings. The molecule has 3 rings (SSSR count). The third kappa shape index (κ3) is 5.90. The zero-order chi connectivity index (χ0) is 24.9. The second-order valence-corrected chi connectivity index (χ2v) is 10.4. The maximum absolute atomic E-state index is 13.6. The van der Waals surface area contributed by atoms with Crippen molar-refractivity contribution in [3.05, 3.63) is 88.4 Å². The largest absolute Gasteiger partial charge is 0.497 e. The second-order valence-electron chi connectivity index (χ2n) is 8.06. The van der Waals surface area contributed by atoms with E-state index in [0.717, 1.165) is 21.2 Å². The zero-order valence-corrected chi connectivity index (χ0v) is 21.3. The fourth-order valence-corrected chi connectivity index (χ4v) is 5.38. The highest BCUT2D eigenvalue weighted by Gasteiger charge is 2.29. The number of ether oxygens (including phenoxy) is 1. The van der Waals surface area contributed by atoms with Gasteiger partial charge in [0.05, 0.1) is 23.7 Å². The lowest BCUT2D eigenvalue weighted by molar-refractivity contribution is -0.120. The fourth-order valence-electron chi connectivity index (χ4n) is 3.66. The van der Waals surface area contributed by atoms with Crippen molar-refractivity contribution in [3.8, 4) is 5.75 Å². The van der Waals surface area contributed by atoms with Crippen LogP contribution in [-0.4, -0.2) is 28.0 Å². The number of nitrogens with zero attached hydrogens (tertiary/aromatic N) is 1. The lowest BCUT2D eigenvalue weighted by Gasteiger charge is -2.27. The number of hydrogen-bond donors (Lipinski definition) is 1. The van der Waals surface area contributed by atoms with Crippen LogP contribution in [0.25, 0.3) is 0 Å². The SMILES string of the molecule is CC[C@@H](NC(=O)CN(c1ccc(Cl)cc1C)S(=O)(=O)c1ccc(C)cc1)c1ccc(OC)cc1. The van der Waals surface area contributed by atoms with Crippen molar-refractivity contribution in [2.45, 2.75) is 38.1 Å². The number of hydrogen-bond acceptors (Lipinski definition) is 4. The van der Waals surface area contributed by atoms with Crippen molar-refractivity contribution in [1.82, 2.24) is 5.32 Å². The molecule has 34 heavy (non-hydrogen) atoms. The summed E-state index contributed by atoms with van der Waals surface area (Å²) in [6, 6.07) is 18.6. The third-order valence-electron chi connectivity index (χ3n) is 5.59. The number of amides is 1. The van der Waals surface area contributed by atoms with Crippen LogP contribution in [0.2, 0.25) is 5.02 Å². The fraction of sp³-hybridized carbons (Fsp3) is 0.269. The van der Waals surface area contributed by atoms with E-state index in [-0.39, 0.29) is 17.5 Å². The van der Waals surface area contributed by atoms with Gasteiger partial charge in [-0.05, 0) is 73.9 Å². The Kier molecular flexibility index (Phi) is 8.23. The zero-order valence-electron chi connectivity index (χ0n) is 19.7. The van der Waals surface area contributed by atoms with Gasteiger partial charge < -0.3 is 10.1 Å². The summed E-state index contributed by atoms with van der Waals surface area (Å²) in [4.78, 5) is 13.2. The van der Waals surface area contributed by atoms with Crippen LogP contribution in [0, 0.1) is 13.8 Å². The number of rotatable bonds is 9. The molecule has 0 spiro atoms. The monoisotopic (exact) mass is 500 g/mol. The van der Waals surface area contributed by atoms with Gasteiger partial charge in [0.1, 0.15) is 12.3 Å². The first kappa shape index (κ1) is 25.6. The Labute approximate surface area is 206 Å². The Morgan fingerprint density at radius 2 is 1.68 bits per heavy atom. The highest BCUT2D eigenvalue weighted by Crippen LogP contribution is 2.29. The van der Waals surface area contributed by atoms with Gasteiger partial charge in [0, 0.05) is 5.02 Å². The maximum atomic E-state index is 13.6. The number of halogens is 1. The molecule has 1 amide bonds. The smallest absolute Gasteiger partial charge is 0.264 e. The minimum Gasteiger partial charge on any atom is -0.497 e. The predicted octanol–water partition coefficient (Wildman–Crippen LogP) is 5.43. The number of carbonyl (C=O) groups is 1. The highest BCUT2D eigenvalue weighted by molar-refractivity contribution is 7.92. The molecule has 0 aromatic heterocycles. The Morgan fingerprint density at radius 1 is 1.03 bits per heavy atom. The minimum absolute atomic E-state index is 0.113. The van der Waals surface area contributed by atoms with Crippen molar-refractivity contribution in [3.63, 3.8) is 0 Å². The van der Waals surface area contributed by atoms with Crippen molar-refractivity contribution >= 4 is 33.2 Å². The summed E-state index contributed by atoms with van der Waals surface area (Å²) >= 11 is 6.10. The Morgan fingerprint density at radius 3 is 2.24 bits per heavy atom. The molecule has 0 aliphatic heterocycles. The van der Waals surface area contributed by atoms with E-state index in [1.54, 1.807) is 56.5 Å². The number of aryl methyl sites for hydroxylation is 2. The second kappa shape index (κ2) is 10.9. The molecule has 0 unspecified atom stereocenters. The predicted molar refractivity (Wildman–Crippen MR) is 136 cm³/mol. The minimum atomic E-state index is -4.00. The molecular weight excluding hydrogens is 472 g/mol. The van der Waals surface area contributed by atoms with Gasteiger partial charge in [0.25, 0.3) is 10.0 Å². The van der Waals surface area contributed by atoms with E-state index in [2.05, 4.69) is 5.32 Å². The first-order chi connectivity index (χ1) is 16.1. The van der Waals surface area contributed by atoms with Crippen LogP contribution in [0.5, 0.6) is 5.75 Å². The highest BCUT2D eigenvalue weighted by atomic mass is 35.5. The van der Waals surface area contributed by atoms with Crippen molar-refractivity contribution in [1.29, 1.82) is 0 Å². The molecule has 0 aliphatic carbocycles. The van der Waals surface area contributed by atoms with Gasteiger partial charge in [-0.1, -0.05) is 48.4 Å². The summed E-state index contributed by atoms with van der Waals surface area (Å²) in [6.45, 7) is 5.24. The topological polar surface area (TPSA) is 75.7 Å². The molecular formula is C26H29ClN2O4S. The normalized spacial score (nSPS) is 12.1. The Hall–Kier alpha value is -3.03. The number of benzene rings is 3. The Balaban J connectivity index is 1.93. The van der Waals surface area contributed by atoms with Gasteiger partial charge in [-0.3, -0.25) is 9.10 Å². The first-order valence-corrected chi connectivity index (χ1v) is 12.8. The van der Waals surface area contributed by atoms with Crippen LogP contribution < -0.4 is 14.4 Å². The van der Waals surface area contributed by atoms with Crippen LogP contribution in [0.1, 0.15) is 36.1 Å². The molecule has 1 N–H and O–H groups in total. The van der Waals surface area contributed by atoms with E-state index in [0.29, 0.717) is 22.7 Å². The number of methoxy groups -OCH3 is 1. The molecule has 0 radical (unpaired) electrons. The molecule has 180 valence electrons. The molecule has 0 saturated carbocycles. The van der Waals surface area contributed by atoms with Crippen LogP contribution >= 0.6 is 11.6 Å². The van der Waals surface area contributed by atoms with Crippen LogP contribution in [0.4, 0.5) is 5.69 Å². The van der Waals surface area contributed by atoms with Crippen LogP contribution in [0.15, 0.2) is 71.6 Å². The van der Waals surface area contributed by atoms with E-state index in [4.69, 9.17) is 16.3 Å². The van der Waals surface area contributed by atoms with Crippen molar-refractivity contribution < 1.29 is 17.9 Å². The van der Waals surface area contributed by atoms with Gasteiger partial charge in [-0.15, -0.1) is 0 Å². The van der Waals surface area contributed by atoms with Gasteiger partial charge >= 0.3 is 0 Å². The number of nitrogens with one attached hydrogen (secondary N) is 1. The summed E-state index contributed by atoms with van der Waals surface area (Å²) in [5, 5.41) is 3.46. The van der Waals surface area contributed by atoms with E-state index >= 15 is 0 Å². The molecule has 6 nitrogen and oxygen atoms in total. The van der Waals surface area contributed by atoms with Crippen LogP contribution in [0.3, 0.4) is 0 Å². The van der Waals surface area contributed by atoms with E-state index in [1.165, 1.54) is 0 Å². The van der Waals surface area contributed by atoms with E-state index < -0.39 is 15.9 Å². The average molecular weight is 501 g/mol. The number of sulfonamides is 1. The molecule has 0 aliphatic rings. The standard InChI is InChI=1S/C26H29ClN2O4S/c1-5-24(20-8-11-22(33-4)12-9-20)28-26(30)17-29(25-15-10-21(27)16-19(25)3)34(31,32)23-13-6-18(2)7-14-23/h6-16,24H,5,17H2,1-4H3,(H,28,30)/t24-/m1/s1. The molecule has 3 aromatic carbocycles. The summed E-state index contributed by atoms with van der Waals surface area (Å²) < 4.78 is 33.6. The molecule has 1 atom stereocenters. The lowest BCUT2D eigenvalue weighted by Crippen LogP contribution is -2.42. The molecule has 8 heteroatoms. The van der Waals surface area contributed by atoms with Crippen molar-refractivity contribution in [2.24, 2.45) is 0 Å². The van der Waals surface area contributed by atoms with Gasteiger partial charge in [-0.2, -0.15) is 0 Å². The summed E-state index contributed by atoms with van der Waals surface area (Å²) in [5.74, 6) is 0.311. The average Bonchev–Trinajstić information content (AvgIpc) is 2.82. The van der Waals surface area contributed by atoms with Crippen LogP contribution in [-0.2, 0) is 14.8 Å². The molecule has 0 fully saturated rings.